The number of para-hydroxylation sites is 1. The maximum Gasteiger partial charge on any atom is 0.328 e. The molecule has 4 heteroatoms. The fraction of sp³-hybridized carbons (Fsp3) is 0.273. The number of anilines is 1. The van der Waals surface area contributed by atoms with Crippen molar-refractivity contribution in [3.8, 4) is 0 Å². The van der Waals surface area contributed by atoms with Gasteiger partial charge in [0.25, 0.3) is 0 Å². The van der Waals surface area contributed by atoms with Crippen molar-refractivity contribution in [2.45, 2.75) is 13.3 Å². The number of hydrogen-bond acceptors (Lipinski definition) is 2. The summed E-state index contributed by atoms with van der Waals surface area (Å²) in [4.78, 5) is 23.3. The predicted octanol–water partition coefficient (Wildman–Crippen LogP) is 1.77. The molecule has 0 aliphatic rings. The van der Waals surface area contributed by atoms with E-state index in [9.17, 15) is 9.59 Å². The van der Waals surface area contributed by atoms with Crippen LogP contribution in [0.25, 0.3) is 0 Å². The van der Waals surface area contributed by atoms with E-state index in [0.717, 1.165) is 11.3 Å². The largest absolute Gasteiger partial charge is 0.337 e. The lowest BCUT2D eigenvalue weighted by molar-refractivity contribution is -0.106. The fourth-order valence-electron chi connectivity index (χ4n) is 1.13. The van der Waals surface area contributed by atoms with Crippen LogP contribution in [-0.4, -0.2) is 19.0 Å². The van der Waals surface area contributed by atoms with Gasteiger partial charge in [0.05, 0.1) is 5.69 Å². The quantitative estimate of drug-likeness (QED) is 0.763. The van der Waals surface area contributed by atoms with Gasteiger partial charge in [-0.3, -0.25) is 4.79 Å². The number of rotatable bonds is 4. The first-order valence-corrected chi connectivity index (χ1v) is 4.87. The van der Waals surface area contributed by atoms with Crippen LogP contribution in [0.5, 0.6) is 0 Å². The van der Waals surface area contributed by atoms with Crippen molar-refractivity contribution in [2.24, 2.45) is 0 Å². The molecule has 1 N–H and O–H groups in total. The second kappa shape index (κ2) is 5.80. The van der Waals surface area contributed by atoms with Crippen LogP contribution in [0.3, 0.4) is 0 Å². The third kappa shape index (κ3) is 3.09. The lowest BCUT2D eigenvalue weighted by Crippen LogP contribution is -2.39. The smallest absolute Gasteiger partial charge is 0.328 e. The molecule has 0 aromatic heterocycles. The van der Waals surface area contributed by atoms with Crippen LogP contribution in [0, 0.1) is 0 Å². The topological polar surface area (TPSA) is 49.4 Å². The third-order valence-corrected chi connectivity index (χ3v) is 1.88. The highest BCUT2D eigenvalue weighted by Crippen LogP contribution is 2.10. The zero-order valence-electron chi connectivity index (χ0n) is 8.64. The second-order valence-electron chi connectivity index (χ2n) is 3.04. The van der Waals surface area contributed by atoms with E-state index in [1.165, 1.54) is 0 Å². The van der Waals surface area contributed by atoms with Gasteiger partial charge in [-0.25, -0.2) is 9.69 Å². The van der Waals surface area contributed by atoms with Gasteiger partial charge in [-0.2, -0.15) is 0 Å². The van der Waals surface area contributed by atoms with E-state index in [0.29, 0.717) is 18.6 Å². The van der Waals surface area contributed by atoms with Crippen molar-refractivity contribution in [3.63, 3.8) is 0 Å². The van der Waals surface area contributed by atoms with Crippen molar-refractivity contribution >= 4 is 18.1 Å². The van der Waals surface area contributed by atoms with Gasteiger partial charge in [0, 0.05) is 6.54 Å². The molecule has 0 aliphatic heterocycles. The van der Waals surface area contributed by atoms with Crippen LogP contribution in [0.2, 0.25) is 0 Å². The maximum atomic E-state index is 11.5. The number of urea groups is 1. The second-order valence-corrected chi connectivity index (χ2v) is 3.04. The lowest BCUT2D eigenvalue weighted by Gasteiger charge is -2.15. The number of carbonyl (C=O) groups excluding carboxylic acids is 2. The van der Waals surface area contributed by atoms with Gasteiger partial charge in [0.2, 0.25) is 6.41 Å². The molecule has 0 atom stereocenters. The van der Waals surface area contributed by atoms with Crippen LogP contribution in [0.15, 0.2) is 30.3 Å². The van der Waals surface area contributed by atoms with Gasteiger partial charge in [0.1, 0.15) is 0 Å². The van der Waals surface area contributed by atoms with Crippen molar-refractivity contribution in [3.05, 3.63) is 30.3 Å². The zero-order valence-corrected chi connectivity index (χ0v) is 8.64. The summed E-state index contributed by atoms with van der Waals surface area (Å²) in [5.41, 5.74) is 0.570. The summed E-state index contributed by atoms with van der Waals surface area (Å²) < 4.78 is 0. The maximum absolute atomic E-state index is 11.5. The molecule has 0 unspecified atom stereocenters. The molecule has 0 saturated carbocycles. The summed E-state index contributed by atoms with van der Waals surface area (Å²) in [5, 5.41) is 2.64. The lowest BCUT2D eigenvalue weighted by atomic mass is 10.3. The normalized spacial score (nSPS) is 9.40. The summed E-state index contributed by atoms with van der Waals surface area (Å²) in [5.74, 6) is 0. The highest BCUT2D eigenvalue weighted by molar-refractivity contribution is 6.05. The third-order valence-electron chi connectivity index (χ3n) is 1.88. The van der Waals surface area contributed by atoms with Crippen molar-refractivity contribution < 1.29 is 9.59 Å². The number of hydrogen-bond donors (Lipinski definition) is 1. The van der Waals surface area contributed by atoms with Crippen LogP contribution >= 0.6 is 0 Å². The standard InChI is InChI=1S/C11H14N2O2/c1-2-8-12-11(15)13(9-14)10-6-4-3-5-7-10/h3-7,9H,2,8H2,1H3,(H,12,15). The zero-order chi connectivity index (χ0) is 11.1. The Bertz CT molecular complexity index is 325. The summed E-state index contributed by atoms with van der Waals surface area (Å²) in [6.07, 6.45) is 1.35. The number of benzene rings is 1. The van der Waals surface area contributed by atoms with Gasteiger partial charge in [-0.15, -0.1) is 0 Å². The molecule has 15 heavy (non-hydrogen) atoms. The van der Waals surface area contributed by atoms with Gasteiger partial charge >= 0.3 is 6.03 Å². The Morgan fingerprint density at radius 2 is 2.07 bits per heavy atom. The molecule has 0 fully saturated rings. The van der Waals surface area contributed by atoms with E-state index in [2.05, 4.69) is 5.32 Å². The predicted molar refractivity (Wildman–Crippen MR) is 58.7 cm³/mol. The van der Waals surface area contributed by atoms with Crippen LogP contribution in [0.4, 0.5) is 10.5 Å². The first kappa shape index (κ1) is 11.2. The molecule has 0 bridgehead atoms. The summed E-state index contributed by atoms with van der Waals surface area (Å²) >= 11 is 0. The molecule has 3 amide bonds. The van der Waals surface area contributed by atoms with Crippen molar-refractivity contribution in [1.82, 2.24) is 5.32 Å². The van der Waals surface area contributed by atoms with Gasteiger partial charge < -0.3 is 5.32 Å². The first-order valence-electron chi connectivity index (χ1n) is 4.87. The number of nitrogens with one attached hydrogen (secondary N) is 1. The summed E-state index contributed by atoms with van der Waals surface area (Å²) in [6.45, 7) is 2.52. The van der Waals surface area contributed by atoms with E-state index in [4.69, 9.17) is 0 Å². The minimum Gasteiger partial charge on any atom is -0.337 e. The molecule has 0 aliphatic carbocycles. The Hall–Kier alpha value is -1.84. The van der Waals surface area contributed by atoms with E-state index in [-0.39, 0.29) is 0 Å². The van der Waals surface area contributed by atoms with Crippen LogP contribution in [-0.2, 0) is 4.79 Å². The number of amides is 3. The Kier molecular flexibility index (Phi) is 4.34. The highest BCUT2D eigenvalue weighted by Gasteiger charge is 2.12. The molecule has 0 saturated heterocycles. The van der Waals surface area contributed by atoms with Crippen LogP contribution < -0.4 is 10.2 Å². The Morgan fingerprint density at radius 3 is 2.60 bits per heavy atom. The molecule has 4 nitrogen and oxygen atoms in total. The van der Waals surface area contributed by atoms with Gasteiger partial charge in [-0.1, -0.05) is 25.1 Å². The molecule has 0 spiro atoms. The van der Waals surface area contributed by atoms with Gasteiger partial charge in [-0.05, 0) is 18.6 Å². The van der Waals surface area contributed by atoms with E-state index >= 15 is 0 Å². The Labute approximate surface area is 88.9 Å². The Balaban J connectivity index is 2.72. The van der Waals surface area contributed by atoms with Crippen molar-refractivity contribution in [2.75, 3.05) is 11.4 Å². The summed E-state index contributed by atoms with van der Waals surface area (Å²) in [7, 11) is 0. The van der Waals surface area contributed by atoms with Crippen molar-refractivity contribution in [1.29, 1.82) is 0 Å². The number of carbonyl (C=O) groups is 2. The first-order chi connectivity index (χ1) is 7.29. The average Bonchev–Trinajstić information content (AvgIpc) is 2.29. The van der Waals surface area contributed by atoms with E-state index < -0.39 is 6.03 Å². The average molecular weight is 206 g/mol. The minimum absolute atomic E-state index is 0.391. The van der Waals surface area contributed by atoms with E-state index in [1.807, 2.05) is 13.0 Å². The molecular weight excluding hydrogens is 192 g/mol. The Morgan fingerprint density at radius 1 is 1.40 bits per heavy atom. The fourth-order valence-corrected chi connectivity index (χ4v) is 1.13. The molecule has 1 aromatic carbocycles. The molecule has 0 heterocycles. The number of nitrogens with zero attached hydrogens (tertiary/aromatic N) is 1. The van der Waals surface area contributed by atoms with Gasteiger partial charge in [0.15, 0.2) is 0 Å². The highest BCUT2D eigenvalue weighted by atomic mass is 16.2. The molecular formula is C11H14N2O2. The molecule has 0 radical (unpaired) electrons. The summed E-state index contributed by atoms with van der Waals surface area (Å²) in [6, 6.07) is 8.41. The molecule has 1 rings (SSSR count). The molecule has 80 valence electrons. The van der Waals surface area contributed by atoms with E-state index in [1.54, 1.807) is 24.3 Å². The minimum atomic E-state index is -0.391. The SMILES string of the molecule is CCCNC(=O)N(C=O)c1ccccc1. The molecule has 1 aromatic rings. The number of imide groups is 1. The monoisotopic (exact) mass is 206 g/mol. The van der Waals surface area contributed by atoms with Crippen LogP contribution in [0.1, 0.15) is 13.3 Å².